The average Bonchev–Trinajstić information content (AvgIpc) is 3.53. The summed E-state index contributed by atoms with van der Waals surface area (Å²) in [7, 11) is 0. The van der Waals surface area contributed by atoms with E-state index in [2.05, 4.69) is 26.8 Å². The molecule has 2 fully saturated rings. The SMILES string of the molecule is Cc1nn(CC2CCCO2)c(C)c1-c1ccnc(O[C@@H]2CCN(c3cn[nH]c(=O)c3Cl)C2)c1. The topological polar surface area (TPSA) is 98.2 Å². The number of aromatic nitrogens is 5. The highest BCUT2D eigenvalue weighted by atomic mass is 35.5. The second kappa shape index (κ2) is 9.15. The summed E-state index contributed by atoms with van der Waals surface area (Å²) in [5, 5.41) is 11.1. The Balaban J connectivity index is 1.31. The standard InChI is InChI=1S/C23H27ClN6O3/c1-14-21(15(2)30(28-14)13-17-4-3-9-32-17)16-5-7-25-20(10-16)33-18-6-8-29(12-18)19-11-26-27-23(31)22(19)24/h5,7,10-11,17-18H,3-4,6,8-9,12-13H2,1-2H3,(H,27,31)/t17?,18-/m1/s1. The van der Waals surface area contributed by atoms with E-state index < -0.39 is 5.56 Å². The van der Waals surface area contributed by atoms with E-state index in [1.54, 1.807) is 12.4 Å². The molecule has 2 saturated heterocycles. The van der Waals surface area contributed by atoms with Crippen molar-refractivity contribution in [3.8, 4) is 17.0 Å². The molecule has 0 saturated carbocycles. The van der Waals surface area contributed by atoms with Crippen molar-refractivity contribution in [1.82, 2.24) is 25.0 Å². The molecule has 0 aromatic carbocycles. The van der Waals surface area contributed by atoms with Gasteiger partial charge in [-0.1, -0.05) is 11.6 Å². The first-order chi connectivity index (χ1) is 16.0. The van der Waals surface area contributed by atoms with Gasteiger partial charge in [0, 0.05) is 43.1 Å². The highest BCUT2D eigenvalue weighted by molar-refractivity contribution is 6.33. The molecule has 0 bridgehead atoms. The quantitative estimate of drug-likeness (QED) is 0.590. The van der Waals surface area contributed by atoms with E-state index in [4.69, 9.17) is 26.2 Å². The molecule has 9 nitrogen and oxygen atoms in total. The lowest BCUT2D eigenvalue weighted by atomic mass is 10.1. The predicted molar refractivity (Wildman–Crippen MR) is 125 cm³/mol. The fourth-order valence-electron chi connectivity index (χ4n) is 4.71. The largest absolute Gasteiger partial charge is 0.472 e. The fraction of sp³-hybridized carbons (Fsp3) is 0.478. The summed E-state index contributed by atoms with van der Waals surface area (Å²) in [6.07, 6.45) is 6.51. The molecule has 0 spiro atoms. The lowest BCUT2D eigenvalue weighted by Crippen LogP contribution is -2.26. The van der Waals surface area contributed by atoms with E-state index in [-0.39, 0.29) is 17.2 Å². The van der Waals surface area contributed by atoms with E-state index in [0.717, 1.165) is 61.5 Å². The Morgan fingerprint density at radius 3 is 3.03 bits per heavy atom. The van der Waals surface area contributed by atoms with Gasteiger partial charge in [-0.25, -0.2) is 10.1 Å². The van der Waals surface area contributed by atoms with Gasteiger partial charge in [-0.2, -0.15) is 10.2 Å². The number of nitrogens with zero attached hydrogens (tertiary/aromatic N) is 5. The third-order valence-corrected chi connectivity index (χ3v) is 6.72. The number of hydrogen-bond donors (Lipinski definition) is 1. The van der Waals surface area contributed by atoms with Crippen LogP contribution in [0.3, 0.4) is 0 Å². The Bertz CT molecular complexity index is 1200. The zero-order chi connectivity index (χ0) is 22.9. The van der Waals surface area contributed by atoms with Gasteiger partial charge in [0.1, 0.15) is 11.1 Å². The van der Waals surface area contributed by atoms with Crippen LogP contribution in [0.25, 0.3) is 11.1 Å². The van der Waals surface area contributed by atoms with Crippen molar-refractivity contribution >= 4 is 17.3 Å². The van der Waals surface area contributed by atoms with Crippen molar-refractivity contribution in [3.05, 3.63) is 51.3 Å². The second-order valence-electron chi connectivity index (χ2n) is 8.62. The van der Waals surface area contributed by atoms with Crippen LogP contribution in [-0.4, -0.2) is 56.9 Å². The highest BCUT2D eigenvalue weighted by Gasteiger charge is 2.27. The van der Waals surface area contributed by atoms with E-state index in [0.29, 0.717) is 18.1 Å². The number of nitrogens with one attached hydrogen (secondary N) is 1. The van der Waals surface area contributed by atoms with Crippen molar-refractivity contribution in [1.29, 1.82) is 0 Å². The molecule has 0 amide bonds. The van der Waals surface area contributed by atoms with Gasteiger partial charge in [-0.3, -0.25) is 9.48 Å². The Morgan fingerprint density at radius 2 is 2.21 bits per heavy atom. The van der Waals surface area contributed by atoms with Crippen LogP contribution in [0.1, 0.15) is 30.7 Å². The molecule has 3 aromatic heterocycles. The van der Waals surface area contributed by atoms with Gasteiger partial charge < -0.3 is 14.4 Å². The zero-order valence-corrected chi connectivity index (χ0v) is 19.5. The third kappa shape index (κ3) is 4.47. The maximum absolute atomic E-state index is 11.8. The first-order valence-electron chi connectivity index (χ1n) is 11.3. The maximum atomic E-state index is 11.8. The number of hydrogen-bond acceptors (Lipinski definition) is 7. The summed E-state index contributed by atoms with van der Waals surface area (Å²) in [5.74, 6) is 0.570. The second-order valence-corrected chi connectivity index (χ2v) is 9.00. The van der Waals surface area contributed by atoms with Gasteiger partial charge in [0.05, 0.1) is 36.8 Å². The van der Waals surface area contributed by atoms with Crippen molar-refractivity contribution in [3.63, 3.8) is 0 Å². The molecule has 174 valence electrons. The van der Waals surface area contributed by atoms with Crippen LogP contribution in [0.15, 0.2) is 29.3 Å². The van der Waals surface area contributed by atoms with Gasteiger partial charge in [-0.05, 0) is 38.3 Å². The number of H-pyrrole nitrogens is 1. The summed E-state index contributed by atoms with van der Waals surface area (Å²) in [6.45, 7) is 7.07. The normalized spacial score (nSPS) is 20.5. The van der Waals surface area contributed by atoms with Crippen LogP contribution in [0.5, 0.6) is 5.88 Å². The van der Waals surface area contributed by atoms with Crippen LogP contribution in [-0.2, 0) is 11.3 Å². The monoisotopic (exact) mass is 470 g/mol. The number of aryl methyl sites for hydroxylation is 1. The molecular weight excluding hydrogens is 444 g/mol. The molecule has 5 heterocycles. The third-order valence-electron chi connectivity index (χ3n) is 6.36. The number of anilines is 1. The predicted octanol–water partition coefficient (Wildman–Crippen LogP) is 3.14. The molecule has 0 radical (unpaired) electrons. The minimum atomic E-state index is -0.390. The number of pyridine rings is 1. The zero-order valence-electron chi connectivity index (χ0n) is 18.8. The van der Waals surface area contributed by atoms with Crippen molar-refractivity contribution in [2.24, 2.45) is 0 Å². The Hall–Kier alpha value is -2.91. The van der Waals surface area contributed by atoms with Gasteiger partial charge in [0.2, 0.25) is 5.88 Å². The number of rotatable bonds is 6. The van der Waals surface area contributed by atoms with E-state index in [9.17, 15) is 4.79 Å². The number of ether oxygens (including phenoxy) is 2. The van der Waals surface area contributed by atoms with Gasteiger partial charge in [0.15, 0.2) is 0 Å². The lowest BCUT2D eigenvalue weighted by molar-refractivity contribution is 0.0934. The first-order valence-corrected chi connectivity index (χ1v) is 11.6. The summed E-state index contributed by atoms with van der Waals surface area (Å²) >= 11 is 6.16. The number of aromatic amines is 1. The van der Waals surface area contributed by atoms with Crippen molar-refractivity contribution in [2.75, 3.05) is 24.6 Å². The van der Waals surface area contributed by atoms with Crippen LogP contribution in [0.2, 0.25) is 5.02 Å². The van der Waals surface area contributed by atoms with E-state index in [1.807, 2.05) is 24.0 Å². The van der Waals surface area contributed by atoms with E-state index in [1.165, 1.54) is 0 Å². The minimum Gasteiger partial charge on any atom is -0.472 e. The Morgan fingerprint density at radius 1 is 1.33 bits per heavy atom. The van der Waals surface area contributed by atoms with Crippen molar-refractivity contribution in [2.45, 2.75) is 51.9 Å². The smallest absolute Gasteiger partial charge is 0.285 e. The fourth-order valence-corrected chi connectivity index (χ4v) is 4.92. The summed E-state index contributed by atoms with van der Waals surface area (Å²) in [5.41, 5.74) is 4.46. The Labute approximate surface area is 196 Å². The van der Waals surface area contributed by atoms with Crippen molar-refractivity contribution < 1.29 is 9.47 Å². The lowest BCUT2D eigenvalue weighted by Gasteiger charge is -2.19. The van der Waals surface area contributed by atoms with Gasteiger partial charge in [-0.15, -0.1) is 0 Å². The molecule has 2 aliphatic rings. The van der Waals surface area contributed by atoms with Gasteiger partial charge >= 0.3 is 0 Å². The first kappa shape index (κ1) is 21.9. The molecule has 1 N–H and O–H groups in total. The molecule has 3 aromatic rings. The summed E-state index contributed by atoms with van der Waals surface area (Å²) < 4.78 is 14.0. The van der Waals surface area contributed by atoms with Gasteiger partial charge in [0.25, 0.3) is 5.56 Å². The molecule has 10 heteroatoms. The molecule has 33 heavy (non-hydrogen) atoms. The van der Waals surface area contributed by atoms with Crippen LogP contribution in [0, 0.1) is 13.8 Å². The number of halogens is 1. The average molecular weight is 471 g/mol. The van der Waals surface area contributed by atoms with Crippen LogP contribution >= 0.6 is 11.6 Å². The van der Waals surface area contributed by atoms with Crippen LogP contribution < -0.4 is 15.2 Å². The van der Waals surface area contributed by atoms with Crippen LogP contribution in [0.4, 0.5) is 5.69 Å². The molecular formula is C23H27ClN6O3. The molecule has 0 aliphatic carbocycles. The minimum absolute atomic E-state index is 0.0625. The molecule has 5 rings (SSSR count). The maximum Gasteiger partial charge on any atom is 0.285 e. The summed E-state index contributed by atoms with van der Waals surface area (Å²) in [6, 6.07) is 3.96. The Kier molecular flexibility index (Phi) is 6.07. The van der Waals surface area contributed by atoms with E-state index >= 15 is 0 Å². The highest BCUT2D eigenvalue weighted by Crippen LogP contribution is 2.31. The molecule has 2 atom stereocenters. The molecule has 1 unspecified atom stereocenters. The summed E-state index contributed by atoms with van der Waals surface area (Å²) in [4.78, 5) is 18.2. The molecule has 2 aliphatic heterocycles.